The van der Waals surface area contributed by atoms with Crippen LogP contribution in [0.25, 0.3) is 0 Å². The zero-order valence-electron chi connectivity index (χ0n) is 13.9. The third-order valence-corrected chi connectivity index (χ3v) is 4.10. The highest BCUT2D eigenvalue weighted by Crippen LogP contribution is 2.28. The Balaban J connectivity index is 1.63. The molecule has 132 valence electrons. The number of benzene rings is 1. The van der Waals surface area contributed by atoms with Gasteiger partial charge in [-0.05, 0) is 5.56 Å². The van der Waals surface area contributed by atoms with Crippen molar-refractivity contribution in [1.82, 2.24) is 20.3 Å². The first kappa shape index (κ1) is 17.1. The Morgan fingerprint density at radius 3 is 2.68 bits per heavy atom. The number of carboxylic acid groups (broad SMARTS) is 1. The zero-order chi connectivity index (χ0) is 17.9. The maximum atomic E-state index is 12.3. The molecule has 1 aliphatic heterocycles. The van der Waals surface area contributed by atoms with Crippen molar-refractivity contribution in [2.24, 2.45) is 5.41 Å². The Hall–Kier alpha value is -2.74. The van der Waals surface area contributed by atoms with Crippen molar-refractivity contribution in [2.45, 2.75) is 25.9 Å². The van der Waals surface area contributed by atoms with E-state index in [4.69, 9.17) is 4.74 Å². The largest absolute Gasteiger partial charge is 0.480 e. The zero-order valence-corrected chi connectivity index (χ0v) is 13.9. The molecular weight excluding hydrogens is 324 g/mol. The highest BCUT2D eigenvalue weighted by molar-refractivity contribution is 5.94. The Morgan fingerprint density at radius 2 is 2.08 bits per heavy atom. The first-order valence-electron chi connectivity index (χ1n) is 8.01. The van der Waals surface area contributed by atoms with Gasteiger partial charge >= 0.3 is 5.97 Å². The van der Waals surface area contributed by atoms with Crippen molar-refractivity contribution in [1.29, 1.82) is 0 Å². The van der Waals surface area contributed by atoms with Crippen LogP contribution in [0.2, 0.25) is 0 Å². The summed E-state index contributed by atoms with van der Waals surface area (Å²) in [6.45, 7) is 3.96. The highest BCUT2D eigenvalue weighted by atomic mass is 16.5. The van der Waals surface area contributed by atoms with Gasteiger partial charge in [0.25, 0.3) is 5.91 Å². The van der Waals surface area contributed by atoms with E-state index in [0.29, 0.717) is 19.8 Å². The fraction of sp³-hybridized carbons (Fsp3) is 0.412. The number of hydrogen-bond donors (Lipinski definition) is 2. The lowest BCUT2D eigenvalue weighted by Gasteiger charge is -2.37. The molecule has 1 aromatic heterocycles. The summed E-state index contributed by atoms with van der Waals surface area (Å²) in [5.41, 5.74) is 0.929. The van der Waals surface area contributed by atoms with Crippen LogP contribution in [-0.2, 0) is 22.5 Å². The quantitative estimate of drug-likeness (QED) is 0.767. The molecule has 3 rings (SSSR count). The van der Waals surface area contributed by atoms with Crippen LogP contribution in [0, 0.1) is 5.41 Å². The summed E-state index contributed by atoms with van der Waals surface area (Å²) < 4.78 is 6.78. The normalized spacial score (nSPS) is 16.7. The van der Waals surface area contributed by atoms with Crippen LogP contribution in [0.4, 0.5) is 0 Å². The first-order chi connectivity index (χ1) is 12.0. The van der Waals surface area contributed by atoms with Crippen LogP contribution < -0.4 is 5.32 Å². The molecular formula is C17H20N4O4. The number of nitrogens with one attached hydrogen (secondary N) is 1. The van der Waals surface area contributed by atoms with Gasteiger partial charge in [0.15, 0.2) is 5.69 Å². The van der Waals surface area contributed by atoms with Crippen molar-refractivity contribution in [3.8, 4) is 0 Å². The number of carbonyl (C=O) groups excluding carboxylic acids is 1. The molecule has 8 nitrogen and oxygen atoms in total. The molecule has 2 N–H and O–H groups in total. The highest BCUT2D eigenvalue weighted by Gasteiger charge is 2.34. The van der Waals surface area contributed by atoms with Gasteiger partial charge in [0.1, 0.15) is 6.04 Å². The lowest BCUT2D eigenvalue weighted by molar-refractivity contribution is -0.139. The number of ether oxygens (including phenoxy) is 1. The van der Waals surface area contributed by atoms with Gasteiger partial charge in [-0.25, -0.2) is 4.79 Å². The summed E-state index contributed by atoms with van der Waals surface area (Å²) in [5, 5.41) is 19.7. The van der Waals surface area contributed by atoms with Crippen LogP contribution in [0.15, 0.2) is 36.5 Å². The average molecular weight is 344 g/mol. The van der Waals surface area contributed by atoms with E-state index in [1.807, 2.05) is 30.3 Å². The number of carboxylic acids is 1. The lowest BCUT2D eigenvalue weighted by atomic mass is 9.89. The van der Waals surface area contributed by atoms with E-state index in [1.165, 1.54) is 6.20 Å². The summed E-state index contributed by atoms with van der Waals surface area (Å²) in [6, 6.07) is 8.11. The molecule has 2 heterocycles. The van der Waals surface area contributed by atoms with Crippen LogP contribution in [0.1, 0.15) is 23.0 Å². The molecule has 25 heavy (non-hydrogen) atoms. The monoisotopic (exact) mass is 344 g/mol. The molecule has 0 spiro atoms. The summed E-state index contributed by atoms with van der Waals surface area (Å²) in [6.07, 6.45) is 1.73. The van der Waals surface area contributed by atoms with Crippen molar-refractivity contribution in [3.05, 3.63) is 47.8 Å². The standard InChI is InChI=1S/C17H20N4O4/c1-17(10-25-11-17)9-21-8-14(19-20-21)15(22)18-13(16(23)24)7-12-5-3-2-4-6-12/h2-6,8,13H,7,9-11H2,1H3,(H,18,22)(H,23,24). The summed E-state index contributed by atoms with van der Waals surface area (Å²) in [7, 11) is 0. The van der Waals surface area contributed by atoms with Gasteiger partial charge in [-0.15, -0.1) is 5.10 Å². The molecule has 1 aromatic carbocycles. The molecule has 1 unspecified atom stereocenters. The number of aliphatic carboxylic acids is 1. The number of hydrogen-bond acceptors (Lipinski definition) is 5. The molecule has 0 radical (unpaired) electrons. The summed E-state index contributed by atoms with van der Waals surface area (Å²) >= 11 is 0. The van der Waals surface area contributed by atoms with Gasteiger partial charge in [-0.1, -0.05) is 42.5 Å². The minimum Gasteiger partial charge on any atom is -0.480 e. The third kappa shape index (κ3) is 4.21. The Labute approximate surface area is 144 Å². The van der Waals surface area contributed by atoms with Gasteiger partial charge in [-0.3, -0.25) is 9.48 Å². The molecule has 1 atom stereocenters. The molecule has 1 saturated heterocycles. The molecule has 2 aromatic rings. The lowest BCUT2D eigenvalue weighted by Crippen LogP contribution is -2.43. The average Bonchev–Trinajstić information content (AvgIpc) is 3.02. The number of nitrogens with zero attached hydrogens (tertiary/aromatic N) is 3. The second kappa shape index (κ2) is 7.02. The van der Waals surface area contributed by atoms with Crippen molar-refractivity contribution in [3.63, 3.8) is 0 Å². The first-order valence-corrected chi connectivity index (χ1v) is 8.01. The van der Waals surface area contributed by atoms with Crippen LogP contribution in [0.3, 0.4) is 0 Å². The maximum absolute atomic E-state index is 12.3. The Bertz CT molecular complexity index is 755. The number of amides is 1. The molecule has 8 heteroatoms. The fourth-order valence-electron chi connectivity index (χ4n) is 2.69. The fourth-order valence-corrected chi connectivity index (χ4v) is 2.69. The topological polar surface area (TPSA) is 106 Å². The molecule has 0 saturated carbocycles. The van der Waals surface area contributed by atoms with E-state index in [0.717, 1.165) is 5.56 Å². The molecule has 1 fully saturated rings. The maximum Gasteiger partial charge on any atom is 0.326 e. The van der Waals surface area contributed by atoms with Crippen molar-refractivity contribution >= 4 is 11.9 Å². The molecule has 0 bridgehead atoms. The SMILES string of the molecule is CC1(Cn2cc(C(=O)NC(Cc3ccccc3)C(=O)O)nn2)COC1. The van der Waals surface area contributed by atoms with Gasteiger partial charge < -0.3 is 15.2 Å². The predicted octanol–water partition coefficient (Wildman–Crippen LogP) is 0.740. The van der Waals surface area contributed by atoms with Gasteiger partial charge in [-0.2, -0.15) is 0 Å². The summed E-state index contributed by atoms with van der Waals surface area (Å²) in [5.74, 6) is -1.65. The van der Waals surface area contributed by atoms with Gasteiger partial charge in [0, 0.05) is 11.8 Å². The van der Waals surface area contributed by atoms with E-state index in [-0.39, 0.29) is 17.5 Å². The second-order valence-electron chi connectivity index (χ2n) is 6.66. The second-order valence-corrected chi connectivity index (χ2v) is 6.66. The smallest absolute Gasteiger partial charge is 0.326 e. The van der Waals surface area contributed by atoms with Gasteiger partial charge in [0.2, 0.25) is 0 Å². The minimum atomic E-state index is -1.09. The number of rotatable bonds is 7. The number of carbonyl (C=O) groups is 2. The van der Waals surface area contributed by atoms with E-state index >= 15 is 0 Å². The van der Waals surface area contributed by atoms with Crippen molar-refractivity contribution in [2.75, 3.05) is 13.2 Å². The van der Waals surface area contributed by atoms with E-state index in [9.17, 15) is 14.7 Å². The van der Waals surface area contributed by atoms with E-state index < -0.39 is 17.9 Å². The predicted molar refractivity (Wildman–Crippen MR) is 88.0 cm³/mol. The summed E-state index contributed by atoms with van der Waals surface area (Å²) in [4.78, 5) is 23.7. The van der Waals surface area contributed by atoms with E-state index in [1.54, 1.807) is 4.68 Å². The third-order valence-electron chi connectivity index (χ3n) is 4.10. The minimum absolute atomic E-state index is 0.00163. The molecule has 1 aliphatic rings. The van der Waals surface area contributed by atoms with Crippen molar-refractivity contribution < 1.29 is 19.4 Å². The Kier molecular flexibility index (Phi) is 4.80. The molecule has 1 amide bonds. The van der Waals surface area contributed by atoms with Crippen LogP contribution in [0.5, 0.6) is 0 Å². The Morgan fingerprint density at radius 1 is 1.36 bits per heavy atom. The van der Waals surface area contributed by atoms with Crippen LogP contribution >= 0.6 is 0 Å². The molecule has 0 aliphatic carbocycles. The van der Waals surface area contributed by atoms with Crippen LogP contribution in [-0.4, -0.2) is 51.2 Å². The van der Waals surface area contributed by atoms with Gasteiger partial charge in [0.05, 0.1) is 26.0 Å². The number of aromatic nitrogens is 3. The van der Waals surface area contributed by atoms with E-state index in [2.05, 4.69) is 22.6 Å².